The van der Waals surface area contributed by atoms with Crippen LogP contribution in [0.25, 0.3) is 56.6 Å². The number of rotatable bonds is 8. The van der Waals surface area contributed by atoms with Crippen LogP contribution in [-0.2, 0) is 40.8 Å². The predicted octanol–water partition coefficient (Wildman–Crippen LogP) is 8.16. The lowest BCUT2D eigenvalue weighted by molar-refractivity contribution is -0.668. The maximum absolute atomic E-state index is 10.5. The van der Waals surface area contributed by atoms with Gasteiger partial charge in [0.2, 0.25) is 0 Å². The van der Waals surface area contributed by atoms with Gasteiger partial charge in [-0.3, -0.25) is 9.11 Å². The average Bonchev–Trinajstić information content (AvgIpc) is 3.83. The first-order valence-corrected chi connectivity index (χ1v) is 23.9. The Morgan fingerprint density at radius 2 is 0.746 bits per heavy atom. The van der Waals surface area contributed by atoms with E-state index in [1.54, 1.807) is 24.3 Å². The molecule has 0 aliphatic rings. The van der Waals surface area contributed by atoms with Gasteiger partial charge in [-0.05, 0) is 38.1 Å². The van der Waals surface area contributed by atoms with Crippen molar-refractivity contribution in [1.82, 2.24) is 29.2 Å². The maximum atomic E-state index is 10.5. The van der Waals surface area contributed by atoms with Crippen molar-refractivity contribution in [2.75, 3.05) is 0 Å². The van der Waals surface area contributed by atoms with Crippen LogP contribution in [0.4, 0.5) is 0 Å². The van der Waals surface area contributed by atoms with Gasteiger partial charge in [0, 0.05) is 44.6 Å². The Morgan fingerprint density at radius 1 is 0.448 bits per heavy atom. The van der Waals surface area contributed by atoms with Crippen LogP contribution >= 0.6 is 0 Å². The highest BCUT2D eigenvalue weighted by Crippen LogP contribution is 2.27. The zero-order valence-electron chi connectivity index (χ0n) is 36.9. The van der Waals surface area contributed by atoms with E-state index in [4.69, 9.17) is 29.3 Å². The molecular weight excluding hydrogens is 885 g/mol. The number of benzene rings is 6. The molecule has 6 aromatic carbocycles. The number of hydrogen-bond donors (Lipinski definition) is 2. The minimum Gasteiger partial charge on any atom is -0.282 e. The van der Waals surface area contributed by atoms with Crippen LogP contribution < -0.4 is 9.13 Å². The Hall–Kier alpha value is -7.76. The Morgan fingerprint density at radius 3 is 1.04 bits per heavy atom. The second-order valence-corrected chi connectivity index (χ2v) is 18.5. The van der Waals surface area contributed by atoms with Gasteiger partial charge in [0.1, 0.15) is 29.2 Å². The topological polar surface area (TPSA) is 177 Å². The lowest BCUT2D eigenvalue weighted by Gasteiger charge is -2.03. The molecule has 14 nitrogen and oxygen atoms in total. The summed E-state index contributed by atoms with van der Waals surface area (Å²) in [7, 11) is -4.00. The number of nitrogens with zero attached hydrogens (tertiary/aromatic N) is 8. The van der Waals surface area contributed by atoms with Crippen molar-refractivity contribution in [1.29, 1.82) is 0 Å². The molecule has 0 radical (unpaired) electrons. The van der Waals surface area contributed by atoms with E-state index in [1.165, 1.54) is 24.3 Å². The Balaban J connectivity index is 0.000000227. The zero-order chi connectivity index (χ0) is 47.3. The number of hydrogen-bond acceptors (Lipinski definition) is 8. The fourth-order valence-corrected chi connectivity index (χ4v) is 8.17. The number of aryl methyl sites for hydroxylation is 4. The van der Waals surface area contributed by atoms with Crippen molar-refractivity contribution in [2.45, 2.75) is 30.1 Å². The van der Waals surface area contributed by atoms with Crippen LogP contribution in [0.2, 0.25) is 0 Å². The van der Waals surface area contributed by atoms with Crippen LogP contribution in [0.1, 0.15) is 22.8 Å². The second kappa shape index (κ2) is 19.4. The van der Waals surface area contributed by atoms with Gasteiger partial charge >= 0.3 is 11.6 Å². The third kappa shape index (κ3) is 10.5. The molecule has 0 saturated carbocycles. The first-order chi connectivity index (χ1) is 32.1. The summed E-state index contributed by atoms with van der Waals surface area (Å²) in [5, 5.41) is 10.2. The van der Waals surface area contributed by atoms with E-state index in [-0.39, 0.29) is 9.79 Å². The monoisotopic (exact) mass is 930 g/mol. The summed E-state index contributed by atoms with van der Waals surface area (Å²) in [5.41, 5.74) is 9.90. The molecule has 336 valence electrons. The van der Waals surface area contributed by atoms with Gasteiger partial charge in [-0.15, -0.1) is 9.97 Å². The molecule has 16 heteroatoms. The summed E-state index contributed by atoms with van der Waals surface area (Å²) in [4.78, 5) is 10.0. The molecule has 0 aliphatic heterocycles. The molecule has 0 unspecified atom stereocenters. The van der Waals surface area contributed by atoms with Crippen molar-refractivity contribution in [3.8, 4) is 45.0 Å². The molecular formula is C51H46N8O6S2+2. The van der Waals surface area contributed by atoms with Gasteiger partial charge in [-0.1, -0.05) is 166 Å². The standard InChI is InChI=1S/C37H30N8.2C7H8O3S/c1-42-34(40-44-32(28-19-11-5-12-20-28)23-30(38-36(42)44)26-15-7-3-8-16-26)25-35-41-45-33(29-21-13-6-14-22-29)24-31(39-37(45)43(35)2)27-17-9-4-10-18-27;2*1-6-2-4-7(5-3-6)11(8,9)10/h3-24H,25H2,1-2H3;2*2-5H,1H3,(H,8,9,10)/q+2;;. The Bertz CT molecular complexity index is 3320. The number of fused-ring (bicyclic) bond motifs is 2. The fraction of sp³-hybridized carbons (Fsp3) is 0.0980. The third-order valence-corrected chi connectivity index (χ3v) is 12.6. The van der Waals surface area contributed by atoms with E-state index in [2.05, 4.69) is 69.8 Å². The fourth-order valence-electron chi connectivity index (χ4n) is 7.21. The lowest BCUT2D eigenvalue weighted by Crippen LogP contribution is -2.37. The molecule has 0 bridgehead atoms. The minimum atomic E-state index is -4.02. The van der Waals surface area contributed by atoms with E-state index < -0.39 is 20.2 Å². The Labute approximate surface area is 388 Å². The first kappa shape index (κ1) is 45.8. The van der Waals surface area contributed by atoms with Gasteiger partial charge in [0.25, 0.3) is 31.9 Å². The van der Waals surface area contributed by atoms with Gasteiger partial charge in [-0.25, -0.2) is 9.13 Å². The third-order valence-electron chi connectivity index (χ3n) is 10.9. The number of aromatic nitrogens is 8. The van der Waals surface area contributed by atoms with Crippen molar-refractivity contribution in [2.24, 2.45) is 14.1 Å². The van der Waals surface area contributed by atoms with E-state index in [0.717, 1.165) is 79.4 Å². The molecule has 10 rings (SSSR count). The summed E-state index contributed by atoms with van der Waals surface area (Å²) < 4.78 is 67.1. The summed E-state index contributed by atoms with van der Waals surface area (Å²) in [6.45, 7) is 3.68. The highest BCUT2D eigenvalue weighted by molar-refractivity contribution is 7.86. The molecule has 10 aromatic rings. The molecule has 0 atom stereocenters. The minimum absolute atomic E-state index is 0.0666. The second-order valence-electron chi connectivity index (χ2n) is 15.6. The van der Waals surface area contributed by atoms with Gasteiger partial charge in [-0.2, -0.15) is 16.8 Å². The molecule has 67 heavy (non-hydrogen) atoms. The quantitative estimate of drug-likeness (QED) is 0.112. The van der Waals surface area contributed by atoms with E-state index in [0.29, 0.717) is 6.42 Å². The Kier molecular flexibility index (Phi) is 13.2. The van der Waals surface area contributed by atoms with Crippen LogP contribution in [0.3, 0.4) is 0 Å². The van der Waals surface area contributed by atoms with Gasteiger partial charge in [0.05, 0.1) is 23.9 Å². The normalized spacial score (nSPS) is 11.4. The molecule has 0 saturated heterocycles. The zero-order valence-corrected chi connectivity index (χ0v) is 38.6. The summed E-state index contributed by atoms with van der Waals surface area (Å²) in [6.07, 6.45) is 0.490. The molecule has 0 fully saturated rings. The van der Waals surface area contributed by atoms with Gasteiger partial charge < -0.3 is 0 Å². The molecule has 0 aliphatic carbocycles. The van der Waals surface area contributed by atoms with E-state index >= 15 is 0 Å². The molecule has 0 amide bonds. The van der Waals surface area contributed by atoms with Gasteiger partial charge in [0.15, 0.2) is 0 Å². The smallest absolute Gasteiger partial charge is 0.282 e. The van der Waals surface area contributed by atoms with Crippen LogP contribution in [0, 0.1) is 13.8 Å². The van der Waals surface area contributed by atoms with Crippen LogP contribution in [-0.4, -0.2) is 55.1 Å². The molecule has 0 spiro atoms. The van der Waals surface area contributed by atoms with E-state index in [1.807, 2.05) is 110 Å². The molecule has 4 heterocycles. The summed E-state index contributed by atoms with van der Waals surface area (Å²) in [6, 6.07) is 57.4. The SMILES string of the molecule is C[n+]1c(Cc2nn3c(-c4ccccc4)cc(-c4ccccc4)nc3[n+]2C)nn2c(-c3ccccc3)cc(-c3ccccc3)nc21.Cc1ccc(S(=O)(=O)O)cc1.Cc1ccc(S(=O)(=O)O)cc1. The predicted molar refractivity (Wildman–Crippen MR) is 255 cm³/mol. The van der Waals surface area contributed by atoms with E-state index in [9.17, 15) is 16.8 Å². The van der Waals surface area contributed by atoms with Crippen molar-refractivity contribution < 1.29 is 35.1 Å². The van der Waals surface area contributed by atoms with Crippen LogP contribution in [0.5, 0.6) is 0 Å². The lowest BCUT2D eigenvalue weighted by atomic mass is 10.1. The summed E-state index contributed by atoms with van der Waals surface area (Å²) in [5.74, 6) is 3.19. The highest BCUT2D eigenvalue weighted by atomic mass is 32.2. The average molecular weight is 931 g/mol. The van der Waals surface area contributed by atoms with Crippen molar-refractivity contribution in [3.63, 3.8) is 0 Å². The van der Waals surface area contributed by atoms with Crippen molar-refractivity contribution >= 4 is 31.8 Å². The summed E-state index contributed by atoms with van der Waals surface area (Å²) >= 11 is 0. The van der Waals surface area contributed by atoms with Crippen molar-refractivity contribution in [3.05, 3.63) is 205 Å². The molecule has 2 N–H and O–H groups in total. The largest absolute Gasteiger partial charge is 0.387 e. The molecule has 4 aromatic heterocycles. The first-order valence-electron chi connectivity index (χ1n) is 21.0. The highest BCUT2D eigenvalue weighted by Gasteiger charge is 2.29. The maximum Gasteiger partial charge on any atom is 0.387 e. The van der Waals surface area contributed by atoms with Crippen LogP contribution in [0.15, 0.2) is 192 Å².